The number of likely N-dealkylation sites (N-methyl/N-ethyl adjacent to an activating group) is 1. The number of amides is 2. The lowest BCUT2D eigenvalue weighted by Gasteiger charge is -2.28. The Bertz CT molecular complexity index is 865. The highest BCUT2D eigenvalue weighted by Crippen LogP contribution is 2.35. The van der Waals surface area contributed by atoms with Gasteiger partial charge in [0.05, 0.1) is 5.69 Å². The van der Waals surface area contributed by atoms with Crippen molar-refractivity contribution in [3.05, 3.63) is 42.0 Å². The molecule has 7 heteroatoms. The van der Waals surface area contributed by atoms with Gasteiger partial charge in [-0.05, 0) is 43.3 Å². The van der Waals surface area contributed by atoms with Crippen molar-refractivity contribution in [2.75, 3.05) is 30.2 Å². The van der Waals surface area contributed by atoms with Crippen LogP contribution >= 0.6 is 0 Å². The van der Waals surface area contributed by atoms with Gasteiger partial charge in [-0.2, -0.15) is 0 Å². The predicted molar refractivity (Wildman–Crippen MR) is 90.5 cm³/mol. The second-order valence-electron chi connectivity index (χ2n) is 5.63. The van der Waals surface area contributed by atoms with E-state index in [9.17, 15) is 9.59 Å². The van der Waals surface area contributed by atoms with E-state index < -0.39 is 0 Å². The van der Waals surface area contributed by atoms with Crippen molar-refractivity contribution in [3.63, 3.8) is 0 Å². The summed E-state index contributed by atoms with van der Waals surface area (Å²) in [6.07, 6.45) is 0. The van der Waals surface area contributed by atoms with Gasteiger partial charge in [0.1, 0.15) is 5.75 Å². The molecular weight excluding hydrogens is 324 g/mol. The maximum Gasteiger partial charge on any atom is 0.265 e. The fraction of sp³-hybridized carbons (Fsp3) is 0.222. The molecule has 4 rings (SSSR count). The molecule has 25 heavy (non-hydrogen) atoms. The molecule has 2 aliphatic rings. The second kappa shape index (κ2) is 6.01. The highest BCUT2D eigenvalue weighted by Gasteiger charge is 2.24. The van der Waals surface area contributed by atoms with E-state index >= 15 is 0 Å². The van der Waals surface area contributed by atoms with Gasteiger partial charge in [0, 0.05) is 17.8 Å². The van der Waals surface area contributed by atoms with Gasteiger partial charge in [-0.15, -0.1) is 0 Å². The van der Waals surface area contributed by atoms with Crippen molar-refractivity contribution in [2.24, 2.45) is 0 Å². The van der Waals surface area contributed by atoms with Gasteiger partial charge in [0.15, 0.2) is 18.1 Å². The number of nitrogens with one attached hydrogen (secondary N) is 1. The second-order valence-corrected chi connectivity index (χ2v) is 5.63. The van der Waals surface area contributed by atoms with E-state index in [2.05, 4.69) is 5.32 Å². The van der Waals surface area contributed by atoms with E-state index in [4.69, 9.17) is 14.2 Å². The number of carbonyl (C=O) groups excluding carboxylic acids is 2. The first-order chi connectivity index (χ1) is 12.2. The van der Waals surface area contributed by atoms with Crippen LogP contribution in [0, 0.1) is 0 Å². The molecule has 0 spiro atoms. The van der Waals surface area contributed by atoms with E-state index in [1.165, 1.54) is 0 Å². The first kappa shape index (κ1) is 15.3. The Labute approximate surface area is 144 Å². The van der Waals surface area contributed by atoms with Crippen molar-refractivity contribution >= 4 is 23.2 Å². The summed E-state index contributed by atoms with van der Waals surface area (Å²) in [4.78, 5) is 26.1. The van der Waals surface area contributed by atoms with Gasteiger partial charge in [-0.1, -0.05) is 0 Å². The van der Waals surface area contributed by atoms with Crippen molar-refractivity contribution in [3.8, 4) is 17.2 Å². The minimum absolute atomic E-state index is 0.0315. The Balaban J connectivity index is 1.58. The van der Waals surface area contributed by atoms with E-state index in [-0.39, 0.29) is 25.2 Å². The van der Waals surface area contributed by atoms with Crippen LogP contribution in [-0.4, -0.2) is 31.8 Å². The molecule has 2 heterocycles. The Hall–Kier alpha value is -3.22. The van der Waals surface area contributed by atoms with Gasteiger partial charge < -0.3 is 24.4 Å². The molecule has 2 aromatic carbocycles. The number of benzene rings is 2. The van der Waals surface area contributed by atoms with Crippen LogP contribution < -0.4 is 24.4 Å². The molecule has 0 atom stereocenters. The van der Waals surface area contributed by atoms with Crippen molar-refractivity contribution in [1.82, 2.24) is 0 Å². The molecular formula is C18H16N2O5. The zero-order valence-corrected chi connectivity index (χ0v) is 13.6. The smallest absolute Gasteiger partial charge is 0.265 e. The molecule has 0 radical (unpaired) electrons. The zero-order valence-electron chi connectivity index (χ0n) is 13.6. The van der Waals surface area contributed by atoms with Crippen LogP contribution in [0.3, 0.4) is 0 Å². The molecule has 0 unspecified atom stereocenters. The number of anilines is 2. The average Bonchev–Trinajstić information content (AvgIpc) is 3.09. The molecule has 2 aromatic rings. The Morgan fingerprint density at radius 1 is 1.08 bits per heavy atom. The van der Waals surface area contributed by atoms with E-state index in [1.807, 2.05) is 6.92 Å². The van der Waals surface area contributed by atoms with Crippen LogP contribution in [0.15, 0.2) is 36.4 Å². The molecule has 1 N–H and O–H groups in total. The summed E-state index contributed by atoms with van der Waals surface area (Å²) >= 11 is 0. The fourth-order valence-corrected chi connectivity index (χ4v) is 2.87. The lowest BCUT2D eigenvalue weighted by atomic mass is 10.1. The van der Waals surface area contributed by atoms with Crippen molar-refractivity contribution in [2.45, 2.75) is 6.92 Å². The minimum Gasteiger partial charge on any atom is -0.482 e. The molecule has 7 nitrogen and oxygen atoms in total. The van der Waals surface area contributed by atoms with E-state index in [1.54, 1.807) is 41.3 Å². The third-order valence-electron chi connectivity index (χ3n) is 4.11. The zero-order chi connectivity index (χ0) is 17.4. The largest absolute Gasteiger partial charge is 0.482 e. The molecule has 0 bridgehead atoms. The number of hydrogen-bond donors (Lipinski definition) is 1. The number of rotatable bonds is 3. The summed E-state index contributed by atoms with van der Waals surface area (Å²) in [6.45, 7) is 2.62. The normalized spacial score (nSPS) is 14.8. The SMILES string of the molecule is CCN1C(=O)COc2ccc(NC(=O)c3ccc4c(c3)OCO4)cc21. The lowest BCUT2D eigenvalue weighted by molar-refractivity contribution is -0.121. The van der Waals surface area contributed by atoms with Crippen LogP contribution in [0.4, 0.5) is 11.4 Å². The van der Waals surface area contributed by atoms with Gasteiger partial charge in [-0.25, -0.2) is 0 Å². The maximum absolute atomic E-state index is 12.5. The van der Waals surface area contributed by atoms with Crippen LogP contribution in [-0.2, 0) is 4.79 Å². The third-order valence-corrected chi connectivity index (χ3v) is 4.11. The first-order valence-electron chi connectivity index (χ1n) is 7.94. The van der Waals surface area contributed by atoms with Gasteiger partial charge >= 0.3 is 0 Å². The monoisotopic (exact) mass is 340 g/mol. The van der Waals surface area contributed by atoms with Crippen LogP contribution in [0.1, 0.15) is 17.3 Å². The molecule has 0 saturated carbocycles. The summed E-state index contributed by atoms with van der Waals surface area (Å²) in [5.74, 6) is 1.43. The number of hydrogen-bond acceptors (Lipinski definition) is 5. The Morgan fingerprint density at radius 2 is 1.88 bits per heavy atom. The topological polar surface area (TPSA) is 77.1 Å². The van der Waals surface area contributed by atoms with Gasteiger partial charge in [0.25, 0.3) is 11.8 Å². The lowest BCUT2D eigenvalue weighted by Crippen LogP contribution is -2.38. The molecule has 128 valence electrons. The predicted octanol–water partition coefficient (Wildman–Crippen LogP) is 2.41. The van der Waals surface area contributed by atoms with Gasteiger partial charge in [0.2, 0.25) is 6.79 Å². The van der Waals surface area contributed by atoms with Crippen LogP contribution in [0.5, 0.6) is 17.2 Å². The summed E-state index contributed by atoms with van der Waals surface area (Å²) in [6, 6.07) is 10.2. The number of nitrogens with zero attached hydrogens (tertiary/aromatic N) is 1. The van der Waals surface area contributed by atoms with E-state index in [0.29, 0.717) is 40.7 Å². The van der Waals surface area contributed by atoms with Crippen molar-refractivity contribution < 1.29 is 23.8 Å². The first-order valence-corrected chi connectivity index (χ1v) is 7.94. The number of ether oxygens (including phenoxy) is 3. The van der Waals surface area contributed by atoms with Crippen LogP contribution in [0.25, 0.3) is 0 Å². The molecule has 0 saturated heterocycles. The summed E-state index contributed by atoms with van der Waals surface area (Å²) in [5, 5.41) is 2.83. The van der Waals surface area contributed by atoms with E-state index in [0.717, 1.165) is 0 Å². The summed E-state index contributed by atoms with van der Waals surface area (Å²) in [7, 11) is 0. The fourth-order valence-electron chi connectivity index (χ4n) is 2.87. The molecule has 2 aliphatic heterocycles. The standard InChI is InChI=1S/C18H16N2O5/c1-2-20-13-8-12(4-6-14(13)23-9-17(20)21)19-18(22)11-3-5-15-16(7-11)25-10-24-15/h3-8H,2,9-10H2,1H3,(H,19,22). The third kappa shape index (κ3) is 2.73. The highest BCUT2D eigenvalue weighted by molar-refractivity contribution is 6.05. The number of fused-ring (bicyclic) bond motifs is 2. The molecule has 0 fully saturated rings. The minimum atomic E-state index is -0.274. The molecule has 0 aromatic heterocycles. The Kier molecular flexibility index (Phi) is 3.68. The highest BCUT2D eigenvalue weighted by atomic mass is 16.7. The van der Waals surface area contributed by atoms with Gasteiger partial charge in [-0.3, -0.25) is 9.59 Å². The average molecular weight is 340 g/mol. The van der Waals surface area contributed by atoms with Crippen LogP contribution in [0.2, 0.25) is 0 Å². The molecule has 2 amide bonds. The summed E-state index contributed by atoms with van der Waals surface area (Å²) in [5.41, 5.74) is 1.70. The Morgan fingerprint density at radius 3 is 2.72 bits per heavy atom. The molecule has 0 aliphatic carbocycles. The van der Waals surface area contributed by atoms with Crippen molar-refractivity contribution in [1.29, 1.82) is 0 Å². The maximum atomic E-state index is 12.5. The quantitative estimate of drug-likeness (QED) is 0.928. The summed E-state index contributed by atoms with van der Waals surface area (Å²) < 4.78 is 16.0. The number of carbonyl (C=O) groups is 2.